The fourth-order valence-electron chi connectivity index (χ4n) is 3.03. The van der Waals surface area contributed by atoms with E-state index in [1.807, 2.05) is 20.2 Å². The average molecular weight is 349 g/mol. The Hall–Kier alpha value is -1.66. The van der Waals surface area contributed by atoms with Gasteiger partial charge in [-0.05, 0) is 54.4 Å². The second kappa shape index (κ2) is 8.99. The molecule has 2 rings (SSSR count). The highest BCUT2D eigenvalue weighted by Crippen LogP contribution is 2.22. The Balaban J connectivity index is 1.89. The summed E-state index contributed by atoms with van der Waals surface area (Å²) >= 11 is 1.70. The standard InChI is InChI=1S/C18H28N4OS/c1-5-22(6-2)17(16-9-10-24-13-16)11-19-18(23)8-7-15-12-21(4)20-14(15)3/h9-10,12-13,17H,5-8,11H2,1-4H3,(H,19,23)/t17-/m0/s1. The summed E-state index contributed by atoms with van der Waals surface area (Å²) in [5.74, 6) is 0.102. The van der Waals surface area contributed by atoms with E-state index in [0.717, 1.165) is 30.8 Å². The van der Waals surface area contributed by atoms with E-state index in [4.69, 9.17) is 0 Å². The van der Waals surface area contributed by atoms with E-state index in [0.29, 0.717) is 13.0 Å². The maximum Gasteiger partial charge on any atom is 0.220 e. The Morgan fingerprint density at radius 2 is 2.17 bits per heavy atom. The molecule has 0 aliphatic rings. The average Bonchev–Trinajstić information content (AvgIpc) is 3.19. The molecule has 0 unspecified atom stereocenters. The second-order valence-corrected chi connectivity index (χ2v) is 6.79. The maximum atomic E-state index is 12.3. The lowest BCUT2D eigenvalue weighted by Gasteiger charge is -2.29. The first-order valence-electron chi connectivity index (χ1n) is 8.57. The summed E-state index contributed by atoms with van der Waals surface area (Å²) in [5, 5.41) is 11.7. The lowest BCUT2D eigenvalue weighted by molar-refractivity contribution is -0.121. The van der Waals surface area contributed by atoms with Crippen molar-refractivity contribution in [1.82, 2.24) is 20.0 Å². The van der Waals surface area contributed by atoms with Gasteiger partial charge in [-0.1, -0.05) is 13.8 Å². The predicted molar refractivity (Wildman–Crippen MR) is 99.3 cm³/mol. The molecule has 2 heterocycles. The molecule has 0 fully saturated rings. The van der Waals surface area contributed by atoms with Crippen LogP contribution in [-0.2, 0) is 18.3 Å². The minimum atomic E-state index is 0.102. The molecule has 132 valence electrons. The van der Waals surface area contributed by atoms with Crippen molar-refractivity contribution in [3.05, 3.63) is 39.8 Å². The van der Waals surface area contributed by atoms with E-state index >= 15 is 0 Å². The monoisotopic (exact) mass is 348 g/mol. The van der Waals surface area contributed by atoms with Gasteiger partial charge in [0.1, 0.15) is 0 Å². The highest BCUT2D eigenvalue weighted by atomic mass is 32.1. The summed E-state index contributed by atoms with van der Waals surface area (Å²) < 4.78 is 1.80. The van der Waals surface area contributed by atoms with Crippen LogP contribution >= 0.6 is 11.3 Å². The molecule has 0 bridgehead atoms. The molecule has 1 amide bonds. The first kappa shape index (κ1) is 18.7. The maximum absolute atomic E-state index is 12.3. The largest absolute Gasteiger partial charge is 0.354 e. The first-order chi connectivity index (χ1) is 11.5. The van der Waals surface area contributed by atoms with Crippen molar-refractivity contribution in [2.24, 2.45) is 7.05 Å². The van der Waals surface area contributed by atoms with Crippen molar-refractivity contribution in [2.75, 3.05) is 19.6 Å². The van der Waals surface area contributed by atoms with E-state index in [1.54, 1.807) is 16.0 Å². The molecular formula is C18H28N4OS. The van der Waals surface area contributed by atoms with Crippen molar-refractivity contribution in [3.63, 3.8) is 0 Å². The summed E-state index contributed by atoms with van der Waals surface area (Å²) in [7, 11) is 1.91. The molecule has 2 aromatic heterocycles. The van der Waals surface area contributed by atoms with Crippen LogP contribution in [0.1, 0.15) is 43.1 Å². The van der Waals surface area contributed by atoms with Crippen molar-refractivity contribution in [2.45, 2.75) is 39.7 Å². The highest BCUT2D eigenvalue weighted by Gasteiger charge is 2.19. The molecule has 0 aliphatic carbocycles. The van der Waals surface area contributed by atoms with Crippen LogP contribution < -0.4 is 5.32 Å². The molecule has 2 aromatic rings. The lowest BCUT2D eigenvalue weighted by Crippen LogP contribution is -2.38. The fraction of sp³-hybridized carbons (Fsp3) is 0.556. The van der Waals surface area contributed by atoms with Crippen LogP contribution in [0.25, 0.3) is 0 Å². The second-order valence-electron chi connectivity index (χ2n) is 6.01. The summed E-state index contributed by atoms with van der Waals surface area (Å²) in [6, 6.07) is 2.40. The number of nitrogens with one attached hydrogen (secondary N) is 1. The molecule has 6 heteroatoms. The minimum Gasteiger partial charge on any atom is -0.354 e. The number of carbonyl (C=O) groups is 1. The van der Waals surface area contributed by atoms with Crippen LogP contribution in [-0.4, -0.2) is 40.2 Å². The molecule has 0 spiro atoms. The van der Waals surface area contributed by atoms with Gasteiger partial charge in [0.2, 0.25) is 5.91 Å². The summed E-state index contributed by atoms with van der Waals surface area (Å²) in [4.78, 5) is 14.6. The summed E-state index contributed by atoms with van der Waals surface area (Å²) in [5.41, 5.74) is 3.43. The minimum absolute atomic E-state index is 0.102. The Labute approximate surface area is 148 Å². The zero-order valence-electron chi connectivity index (χ0n) is 15.1. The number of hydrogen-bond donors (Lipinski definition) is 1. The number of nitrogens with zero attached hydrogens (tertiary/aromatic N) is 3. The van der Waals surface area contributed by atoms with Crippen LogP contribution in [0.4, 0.5) is 0 Å². The van der Waals surface area contributed by atoms with E-state index in [9.17, 15) is 4.79 Å². The van der Waals surface area contributed by atoms with Crippen LogP contribution in [0.3, 0.4) is 0 Å². The van der Waals surface area contributed by atoms with Gasteiger partial charge in [-0.2, -0.15) is 16.4 Å². The third kappa shape index (κ3) is 4.92. The number of amides is 1. The molecule has 1 atom stereocenters. The SMILES string of the molecule is CCN(CC)[C@@H](CNC(=O)CCc1cn(C)nc1C)c1ccsc1. The van der Waals surface area contributed by atoms with Crippen LogP contribution in [0.2, 0.25) is 0 Å². The highest BCUT2D eigenvalue weighted by molar-refractivity contribution is 7.07. The van der Waals surface area contributed by atoms with E-state index in [1.165, 1.54) is 5.56 Å². The van der Waals surface area contributed by atoms with Gasteiger partial charge < -0.3 is 5.32 Å². The first-order valence-corrected chi connectivity index (χ1v) is 9.51. The van der Waals surface area contributed by atoms with Crippen molar-refractivity contribution in [3.8, 4) is 0 Å². The summed E-state index contributed by atoms with van der Waals surface area (Å²) in [6.45, 7) is 8.92. The van der Waals surface area contributed by atoms with Crippen molar-refractivity contribution >= 4 is 17.2 Å². The van der Waals surface area contributed by atoms with E-state index < -0.39 is 0 Å². The Morgan fingerprint density at radius 1 is 1.42 bits per heavy atom. The smallest absolute Gasteiger partial charge is 0.220 e. The van der Waals surface area contributed by atoms with Crippen LogP contribution in [0.15, 0.2) is 23.0 Å². The molecule has 5 nitrogen and oxygen atoms in total. The molecule has 0 aliphatic heterocycles. The third-order valence-corrected chi connectivity index (χ3v) is 5.11. The Bertz CT molecular complexity index is 631. The molecular weight excluding hydrogens is 320 g/mol. The number of rotatable bonds is 9. The molecule has 24 heavy (non-hydrogen) atoms. The van der Waals surface area contributed by atoms with E-state index in [-0.39, 0.29) is 11.9 Å². The van der Waals surface area contributed by atoms with E-state index in [2.05, 4.69) is 46.0 Å². The van der Waals surface area contributed by atoms with Gasteiger partial charge in [0.25, 0.3) is 0 Å². The predicted octanol–water partition coefficient (Wildman–Crippen LogP) is 2.92. The lowest BCUT2D eigenvalue weighted by atomic mass is 10.1. The number of aryl methyl sites for hydroxylation is 3. The molecule has 1 N–H and O–H groups in total. The Morgan fingerprint density at radius 3 is 2.71 bits per heavy atom. The summed E-state index contributed by atoms with van der Waals surface area (Å²) in [6.07, 6.45) is 3.23. The Kier molecular flexibility index (Phi) is 6.99. The molecule has 0 saturated carbocycles. The van der Waals surface area contributed by atoms with Crippen LogP contribution in [0.5, 0.6) is 0 Å². The van der Waals surface area contributed by atoms with Gasteiger partial charge in [0.15, 0.2) is 0 Å². The topological polar surface area (TPSA) is 50.2 Å². The number of thiophene rings is 1. The van der Waals surface area contributed by atoms with Crippen molar-refractivity contribution < 1.29 is 4.79 Å². The molecule has 0 radical (unpaired) electrons. The van der Waals surface area contributed by atoms with Gasteiger partial charge in [0, 0.05) is 26.2 Å². The van der Waals surface area contributed by atoms with Gasteiger partial charge in [-0.15, -0.1) is 0 Å². The van der Waals surface area contributed by atoms with Gasteiger partial charge >= 0.3 is 0 Å². The zero-order valence-corrected chi connectivity index (χ0v) is 15.9. The fourth-order valence-corrected chi connectivity index (χ4v) is 3.73. The quantitative estimate of drug-likeness (QED) is 0.758. The van der Waals surface area contributed by atoms with Gasteiger partial charge in [-0.3, -0.25) is 14.4 Å². The third-order valence-electron chi connectivity index (χ3n) is 4.41. The number of likely N-dealkylation sites (N-methyl/N-ethyl adjacent to an activating group) is 1. The van der Waals surface area contributed by atoms with Gasteiger partial charge in [-0.25, -0.2) is 0 Å². The van der Waals surface area contributed by atoms with Crippen molar-refractivity contribution in [1.29, 1.82) is 0 Å². The van der Waals surface area contributed by atoms with Gasteiger partial charge in [0.05, 0.1) is 11.7 Å². The number of hydrogen-bond acceptors (Lipinski definition) is 4. The molecule has 0 saturated heterocycles. The number of aromatic nitrogens is 2. The molecule has 0 aromatic carbocycles. The number of carbonyl (C=O) groups excluding carboxylic acids is 1. The van der Waals surface area contributed by atoms with Crippen LogP contribution in [0, 0.1) is 6.92 Å². The zero-order chi connectivity index (χ0) is 17.5. The normalized spacial score (nSPS) is 12.5.